The van der Waals surface area contributed by atoms with Crippen LogP contribution in [0.4, 0.5) is 0 Å². The summed E-state index contributed by atoms with van der Waals surface area (Å²) in [6.07, 6.45) is 0.0654. The molecule has 108 valence electrons. The zero-order chi connectivity index (χ0) is 14.1. The highest BCUT2D eigenvalue weighted by Gasteiger charge is 2.08. The summed E-state index contributed by atoms with van der Waals surface area (Å²) in [5, 5.41) is 3.27. The first kappa shape index (κ1) is 15.9. The Hall–Kier alpha value is -1.17. The number of pyridine rings is 1. The maximum Gasteiger partial charge on any atom is 0.142 e. The van der Waals surface area contributed by atoms with Gasteiger partial charge >= 0.3 is 0 Å². The Bertz CT molecular complexity index is 372. The van der Waals surface area contributed by atoms with Crippen LogP contribution in [0.3, 0.4) is 0 Å². The Morgan fingerprint density at radius 1 is 1.32 bits per heavy atom. The van der Waals surface area contributed by atoms with Crippen LogP contribution in [-0.4, -0.2) is 45.1 Å². The number of aryl methyl sites for hydroxylation is 1. The van der Waals surface area contributed by atoms with E-state index >= 15 is 0 Å². The molecule has 5 nitrogen and oxygen atoms in total. The summed E-state index contributed by atoms with van der Waals surface area (Å²) < 4.78 is 15.9. The predicted molar refractivity (Wildman–Crippen MR) is 74.5 cm³/mol. The smallest absolute Gasteiger partial charge is 0.142 e. The van der Waals surface area contributed by atoms with Gasteiger partial charge in [-0.1, -0.05) is 0 Å². The number of nitrogens with zero attached hydrogens (tertiary/aromatic N) is 1. The second kappa shape index (κ2) is 8.85. The lowest BCUT2D eigenvalue weighted by Crippen LogP contribution is -2.21. The van der Waals surface area contributed by atoms with Gasteiger partial charge in [0.25, 0.3) is 0 Å². The summed E-state index contributed by atoms with van der Waals surface area (Å²) in [4.78, 5) is 4.51. The van der Waals surface area contributed by atoms with E-state index in [0.717, 1.165) is 23.7 Å². The molecule has 1 atom stereocenters. The number of aromatic nitrogens is 1. The first-order chi connectivity index (χ1) is 9.17. The third-order valence-electron chi connectivity index (χ3n) is 2.72. The summed E-state index contributed by atoms with van der Waals surface area (Å²) in [6.45, 7) is 6.61. The van der Waals surface area contributed by atoms with E-state index in [1.165, 1.54) is 0 Å². The van der Waals surface area contributed by atoms with Gasteiger partial charge in [-0.15, -0.1) is 0 Å². The highest BCUT2D eigenvalue weighted by Crippen LogP contribution is 2.17. The summed E-state index contributed by atoms with van der Waals surface area (Å²) in [7, 11) is 3.36. The molecule has 0 aliphatic rings. The molecule has 1 N–H and O–H groups in total. The average Bonchev–Trinajstić information content (AvgIpc) is 2.42. The van der Waals surface area contributed by atoms with E-state index in [-0.39, 0.29) is 6.10 Å². The Morgan fingerprint density at radius 2 is 2.11 bits per heavy atom. The molecular formula is C14H24N2O3. The van der Waals surface area contributed by atoms with Crippen LogP contribution >= 0.6 is 0 Å². The average molecular weight is 268 g/mol. The minimum atomic E-state index is 0.0654. The molecule has 1 unspecified atom stereocenters. The van der Waals surface area contributed by atoms with Crippen molar-refractivity contribution in [1.29, 1.82) is 0 Å². The van der Waals surface area contributed by atoms with Gasteiger partial charge in [-0.3, -0.25) is 4.98 Å². The molecule has 0 aliphatic carbocycles. The molecule has 0 radical (unpaired) electrons. The number of hydrogen-bond donors (Lipinski definition) is 1. The Labute approximate surface area is 115 Å². The van der Waals surface area contributed by atoms with Gasteiger partial charge in [-0.2, -0.15) is 0 Å². The van der Waals surface area contributed by atoms with E-state index in [0.29, 0.717) is 19.8 Å². The first-order valence-corrected chi connectivity index (χ1v) is 6.49. The molecule has 0 bridgehead atoms. The van der Waals surface area contributed by atoms with Crippen LogP contribution in [0.15, 0.2) is 12.1 Å². The number of rotatable bonds is 9. The van der Waals surface area contributed by atoms with Gasteiger partial charge in [-0.05, 0) is 26.0 Å². The van der Waals surface area contributed by atoms with E-state index in [9.17, 15) is 0 Å². The van der Waals surface area contributed by atoms with Gasteiger partial charge in [0, 0.05) is 33.0 Å². The topological polar surface area (TPSA) is 52.6 Å². The summed E-state index contributed by atoms with van der Waals surface area (Å²) in [5.74, 6) is 0.805. The zero-order valence-corrected chi connectivity index (χ0v) is 12.2. The number of nitrogens with one attached hydrogen (secondary N) is 1. The zero-order valence-electron chi connectivity index (χ0n) is 12.2. The van der Waals surface area contributed by atoms with Crippen molar-refractivity contribution >= 4 is 0 Å². The molecule has 0 saturated carbocycles. The molecule has 0 amide bonds. The van der Waals surface area contributed by atoms with Crippen molar-refractivity contribution in [3.63, 3.8) is 0 Å². The molecule has 0 fully saturated rings. The van der Waals surface area contributed by atoms with Gasteiger partial charge < -0.3 is 19.5 Å². The minimum Gasteiger partial charge on any atom is -0.489 e. The minimum absolute atomic E-state index is 0.0654. The highest BCUT2D eigenvalue weighted by atomic mass is 16.5. The monoisotopic (exact) mass is 268 g/mol. The molecule has 5 heteroatoms. The molecule has 1 rings (SSSR count). The molecule has 1 aromatic heterocycles. The first-order valence-electron chi connectivity index (χ1n) is 6.49. The van der Waals surface area contributed by atoms with Crippen molar-refractivity contribution in [3.8, 4) is 5.75 Å². The van der Waals surface area contributed by atoms with Crippen molar-refractivity contribution in [2.75, 3.05) is 34.0 Å². The fraction of sp³-hybridized carbons (Fsp3) is 0.643. The van der Waals surface area contributed by atoms with Crippen LogP contribution in [-0.2, 0) is 16.0 Å². The van der Waals surface area contributed by atoms with E-state index in [2.05, 4.69) is 10.3 Å². The lowest BCUT2D eigenvalue weighted by molar-refractivity contribution is 0.0710. The quantitative estimate of drug-likeness (QED) is 0.689. The molecular weight excluding hydrogens is 244 g/mol. The molecule has 1 heterocycles. The highest BCUT2D eigenvalue weighted by molar-refractivity contribution is 5.29. The van der Waals surface area contributed by atoms with Crippen LogP contribution in [0, 0.1) is 6.92 Å². The molecule has 0 spiro atoms. The summed E-state index contributed by atoms with van der Waals surface area (Å²) in [5.41, 5.74) is 1.90. The lowest BCUT2D eigenvalue weighted by atomic mass is 10.2. The van der Waals surface area contributed by atoms with E-state index in [4.69, 9.17) is 14.2 Å². The Balaban J connectivity index is 2.58. The predicted octanol–water partition coefficient (Wildman–Crippen LogP) is 1.54. The maximum absolute atomic E-state index is 5.74. The van der Waals surface area contributed by atoms with Crippen LogP contribution < -0.4 is 10.1 Å². The van der Waals surface area contributed by atoms with Gasteiger partial charge in [0.1, 0.15) is 12.4 Å². The molecule has 0 aliphatic heterocycles. The normalized spacial score (nSPS) is 12.4. The van der Waals surface area contributed by atoms with Crippen LogP contribution in [0.25, 0.3) is 0 Å². The summed E-state index contributed by atoms with van der Waals surface area (Å²) >= 11 is 0. The third kappa shape index (κ3) is 6.00. The second-order valence-corrected chi connectivity index (χ2v) is 4.42. The SMILES string of the molecule is COCCNCc1nc(C)ccc1OCC(C)OC. The standard InChI is InChI=1S/C14H24N2O3/c1-11-5-6-14(19-10-12(2)18-4)13(16-11)9-15-7-8-17-3/h5-6,12,15H,7-10H2,1-4H3. The van der Waals surface area contributed by atoms with Crippen LogP contribution in [0.2, 0.25) is 0 Å². The summed E-state index contributed by atoms with van der Waals surface area (Å²) in [6, 6.07) is 3.91. The van der Waals surface area contributed by atoms with Crippen LogP contribution in [0.5, 0.6) is 5.75 Å². The Morgan fingerprint density at radius 3 is 2.79 bits per heavy atom. The van der Waals surface area contributed by atoms with Gasteiger partial charge in [0.2, 0.25) is 0 Å². The molecule has 19 heavy (non-hydrogen) atoms. The van der Waals surface area contributed by atoms with E-state index in [1.807, 2.05) is 26.0 Å². The van der Waals surface area contributed by atoms with E-state index in [1.54, 1.807) is 14.2 Å². The lowest BCUT2D eigenvalue weighted by Gasteiger charge is -2.15. The largest absolute Gasteiger partial charge is 0.489 e. The Kier molecular flexibility index (Phi) is 7.40. The number of methoxy groups -OCH3 is 2. The van der Waals surface area contributed by atoms with Crippen molar-refractivity contribution in [2.24, 2.45) is 0 Å². The van der Waals surface area contributed by atoms with Crippen molar-refractivity contribution in [2.45, 2.75) is 26.5 Å². The fourth-order valence-corrected chi connectivity index (χ4v) is 1.51. The van der Waals surface area contributed by atoms with Crippen molar-refractivity contribution in [3.05, 3.63) is 23.5 Å². The third-order valence-corrected chi connectivity index (χ3v) is 2.72. The maximum atomic E-state index is 5.74. The molecule has 0 saturated heterocycles. The van der Waals surface area contributed by atoms with Crippen LogP contribution in [0.1, 0.15) is 18.3 Å². The van der Waals surface area contributed by atoms with Gasteiger partial charge in [0.05, 0.1) is 18.4 Å². The second-order valence-electron chi connectivity index (χ2n) is 4.42. The fourth-order valence-electron chi connectivity index (χ4n) is 1.51. The van der Waals surface area contributed by atoms with E-state index < -0.39 is 0 Å². The van der Waals surface area contributed by atoms with Gasteiger partial charge in [-0.25, -0.2) is 0 Å². The number of hydrogen-bond acceptors (Lipinski definition) is 5. The molecule has 1 aromatic rings. The van der Waals surface area contributed by atoms with Gasteiger partial charge in [0.15, 0.2) is 0 Å². The molecule has 0 aromatic carbocycles. The van der Waals surface area contributed by atoms with Crippen molar-refractivity contribution < 1.29 is 14.2 Å². The number of ether oxygens (including phenoxy) is 3. The van der Waals surface area contributed by atoms with Crippen molar-refractivity contribution in [1.82, 2.24) is 10.3 Å².